The van der Waals surface area contributed by atoms with Crippen LogP contribution in [0.15, 0.2) is 18.2 Å². The van der Waals surface area contributed by atoms with E-state index < -0.39 is 28.0 Å². The van der Waals surface area contributed by atoms with Gasteiger partial charge in [0.1, 0.15) is 18.0 Å². The van der Waals surface area contributed by atoms with E-state index in [0.29, 0.717) is 5.56 Å². The summed E-state index contributed by atoms with van der Waals surface area (Å²) < 4.78 is 28.2. The van der Waals surface area contributed by atoms with Crippen molar-refractivity contribution in [3.8, 4) is 5.75 Å². The van der Waals surface area contributed by atoms with Gasteiger partial charge in [-0.2, -0.15) is 0 Å². The minimum Gasteiger partial charge on any atom is -0.486 e. The summed E-state index contributed by atoms with van der Waals surface area (Å²) in [7, 11) is -3.30. The lowest BCUT2D eigenvalue weighted by Crippen LogP contribution is -2.30. The number of hydrogen-bond donors (Lipinski definition) is 2. The third-order valence-corrected chi connectivity index (χ3v) is 4.75. The van der Waals surface area contributed by atoms with Gasteiger partial charge in [0.15, 0.2) is 9.84 Å². The summed E-state index contributed by atoms with van der Waals surface area (Å²) in [5, 5.41) is 18.6. The van der Waals surface area contributed by atoms with Gasteiger partial charge in [-0.05, 0) is 19.1 Å². The first-order chi connectivity index (χ1) is 8.80. The second kappa shape index (κ2) is 4.82. The van der Waals surface area contributed by atoms with Crippen LogP contribution in [0.5, 0.6) is 5.75 Å². The van der Waals surface area contributed by atoms with Crippen molar-refractivity contribution in [2.24, 2.45) is 0 Å². The summed E-state index contributed by atoms with van der Waals surface area (Å²) in [6, 6.07) is 4.51. The Morgan fingerprint density at radius 3 is 2.58 bits per heavy atom. The Morgan fingerprint density at radius 1 is 1.37 bits per heavy atom. The van der Waals surface area contributed by atoms with Gasteiger partial charge in [-0.25, -0.2) is 13.2 Å². The average molecular weight is 286 g/mol. The maximum atomic E-state index is 11.4. The van der Waals surface area contributed by atoms with E-state index in [4.69, 9.17) is 9.84 Å². The first-order valence-corrected chi connectivity index (χ1v) is 7.50. The SMILES string of the molecule is Cc1c(OC2CS(=O)(=O)CC2O)cccc1C(=O)O. The zero-order valence-electron chi connectivity index (χ0n) is 10.2. The van der Waals surface area contributed by atoms with Crippen LogP contribution in [0.2, 0.25) is 0 Å². The highest BCUT2D eigenvalue weighted by Gasteiger charge is 2.38. The highest BCUT2D eigenvalue weighted by atomic mass is 32.2. The van der Waals surface area contributed by atoms with Gasteiger partial charge in [0.2, 0.25) is 0 Å². The van der Waals surface area contributed by atoms with Gasteiger partial charge >= 0.3 is 5.97 Å². The monoisotopic (exact) mass is 286 g/mol. The van der Waals surface area contributed by atoms with Gasteiger partial charge in [-0.1, -0.05) is 6.07 Å². The number of aromatic carboxylic acids is 1. The lowest BCUT2D eigenvalue weighted by atomic mass is 10.1. The molecule has 2 N–H and O–H groups in total. The Morgan fingerprint density at radius 2 is 2.05 bits per heavy atom. The molecule has 1 saturated heterocycles. The van der Waals surface area contributed by atoms with E-state index in [9.17, 15) is 18.3 Å². The lowest BCUT2D eigenvalue weighted by Gasteiger charge is -2.18. The van der Waals surface area contributed by atoms with E-state index in [1.54, 1.807) is 13.0 Å². The number of benzene rings is 1. The molecule has 104 valence electrons. The number of rotatable bonds is 3. The van der Waals surface area contributed by atoms with Crippen molar-refractivity contribution in [2.75, 3.05) is 11.5 Å². The van der Waals surface area contributed by atoms with E-state index in [2.05, 4.69) is 0 Å². The molecule has 0 radical (unpaired) electrons. The van der Waals surface area contributed by atoms with Gasteiger partial charge < -0.3 is 14.9 Å². The molecule has 0 amide bonds. The number of ether oxygens (including phenoxy) is 1. The molecule has 0 aromatic heterocycles. The van der Waals surface area contributed by atoms with Crippen molar-refractivity contribution in [2.45, 2.75) is 19.1 Å². The third-order valence-electron chi connectivity index (χ3n) is 3.06. The fourth-order valence-corrected chi connectivity index (χ4v) is 3.71. The summed E-state index contributed by atoms with van der Waals surface area (Å²) in [6.45, 7) is 1.58. The van der Waals surface area contributed by atoms with Crippen molar-refractivity contribution in [1.82, 2.24) is 0 Å². The van der Waals surface area contributed by atoms with Crippen LogP contribution >= 0.6 is 0 Å². The van der Waals surface area contributed by atoms with Crippen LogP contribution in [-0.2, 0) is 9.84 Å². The average Bonchev–Trinajstić information content (AvgIpc) is 2.54. The molecular weight excluding hydrogens is 272 g/mol. The molecular formula is C12H14O6S. The fraction of sp³-hybridized carbons (Fsp3) is 0.417. The highest BCUT2D eigenvalue weighted by molar-refractivity contribution is 7.91. The number of carboxylic acid groups (broad SMARTS) is 1. The molecule has 7 heteroatoms. The molecule has 1 aromatic carbocycles. The van der Waals surface area contributed by atoms with Gasteiger partial charge in [0.25, 0.3) is 0 Å². The summed E-state index contributed by atoms with van der Waals surface area (Å²) in [5.41, 5.74) is 0.499. The van der Waals surface area contributed by atoms with Crippen molar-refractivity contribution >= 4 is 15.8 Å². The second-order valence-electron chi connectivity index (χ2n) is 4.53. The van der Waals surface area contributed by atoms with Crippen LogP contribution < -0.4 is 4.74 Å². The zero-order valence-corrected chi connectivity index (χ0v) is 11.1. The van der Waals surface area contributed by atoms with Crippen LogP contribution in [0.1, 0.15) is 15.9 Å². The smallest absolute Gasteiger partial charge is 0.336 e. The Hall–Kier alpha value is -1.60. The Labute approximate surface area is 110 Å². The molecule has 2 rings (SSSR count). The van der Waals surface area contributed by atoms with Crippen LogP contribution in [0, 0.1) is 6.92 Å². The molecule has 1 fully saturated rings. The number of aliphatic hydroxyl groups excluding tert-OH is 1. The van der Waals surface area contributed by atoms with E-state index in [0.717, 1.165) is 0 Å². The standard InChI is InChI=1S/C12H14O6S/c1-7-8(12(14)15)3-2-4-10(7)18-11-6-19(16,17)5-9(11)13/h2-4,9,11,13H,5-6H2,1H3,(H,14,15). The Balaban J connectivity index is 2.25. The Bertz CT molecular complexity index is 607. The summed E-state index contributed by atoms with van der Waals surface area (Å²) in [5.74, 6) is -1.39. The molecule has 1 aliphatic heterocycles. The zero-order chi connectivity index (χ0) is 14.2. The third kappa shape index (κ3) is 2.87. The molecule has 0 bridgehead atoms. The van der Waals surface area contributed by atoms with Gasteiger partial charge in [-0.15, -0.1) is 0 Å². The predicted octanol–water partition coefficient (Wildman–Crippen LogP) is 0.230. The normalized spacial score (nSPS) is 25.2. The minimum atomic E-state index is -3.30. The fourth-order valence-electron chi connectivity index (χ4n) is 2.05. The molecule has 1 heterocycles. The summed E-state index contributed by atoms with van der Waals surface area (Å²) in [4.78, 5) is 11.0. The molecule has 19 heavy (non-hydrogen) atoms. The number of sulfone groups is 1. The largest absolute Gasteiger partial charge is 0.486 e. The Kier molecular flexibility index (Phi) is 3.51. The predicted molar refractivity (Wildman–Crippen MR) is 67.2 cm³/mol. The molecule has 0 spiro atoms. The van der Waals surface area contributed by atoms with Crippen molar-refractivity contribution < 1.29 is 28.2 Å². The number of carboxylic acids is 1. The molecule has 2 atom stereocenters. The maximum Gasteiger partial charge on any atom is 0.336 e. The molecule has 0 aliphatic carbocycles. The van der Waals surface area contributed by atoms with Crippen LogP contribution in [-0.4, -0.2) is 48.3 Å². The maximum absolute atomic E-state index is 11.4. The molecule has 6 nitrogen and oxygen atoms in total. The van der Waals surface area contributed by atoms with E-state index >= 15 is 0 Å². The van der Waals surface area contributed by atoms with Crippen molar-refractivity contribution in [3.63, 3.8) is 0 Å². The van der Waals surface area contributed by atoms with Crippen molar-refractivity contribution in [1.29, 1.82) is 0 Å². The second-order valence-corrected chi connectivity index (χ2v) is 6.69. The molecule has 2 unspecified atom stereocenters. The lowest BCUT2D eigenvalue weighted by molar-refractivity contribution is 0.0685. The highest BCUT2D eigenvalue weighted by Crippen LogP contribution is 2.25. The summed E-state index contributed by atoms with van der Waals surface area (Å²) >= 11 is 0. The van der Waals surface area contributed by atoms with Crippen LogP contribution in [0.3, 0.4) is 0 Å². The number of aliphatic hydroxyl groups is 1. The molecule has 0 saturated carbocycles. The van der Waals surface area contributed by atoms with Gasteiger partial charge in [0, 0.05) is 5.56 Å². The topological polar surface area (TPSA) is 101 Å². The first kappa shape index (κ1) is 13.8. The first-order valence-electron chi connectivity index (χ1n) is 5.68. The van der Waals surface area contributed by atoms with E-state index in [-0.39, 0.29) is 22.8 Å². The molecule has 1 aliphatic rings. The number of hydrogen-bond acceptors (Lipinski definition) is 5. The van der Waals surface area contributed by atoms with E-state index in [1.165, 1.54) is 12.1 Å². The van der Waals surface area contributed by atoms with Gasteiger partial charge in [-0.3, -0.25) is 0 Å². The quantitative estimate of drug-likeness (QED) is 0.825. The summed E-state index contributed by atoms with van der Waals surface area (Å²) in [6.07, 6.45) is -1.94. The van der Waals surface area contributed by atoms with Crippen molar-refractivity contribution in [3.05, 3.63) is 29.3 Å². The van der Waals surface area contributed by atoms with Gasteiger partial charge in [0.05, 0.1) is 17.1 Å². The van der Waals surface area contributed by atoms with Crippen LogP contribution in [0.25, 0.3) is 0 Å². The van der Waals surface area contributed by atoms with Crippen LogP contribution in [0.4, 0.5) is 0 Å². The minimum absolute atomic E-state index is 0.0906. The molecule has 1 aromatic rings. The van der Waals surface area contributed by atoms with E-state index in [1.807, 2.05) is 0 Å². The number of carbonyl (C=O) groups is 1.